The number of rotatable bonds is 3. The van der Waals surface area contributed by atoms with Crippen LogP contribution in [0.15, 0.2) is 48.5 Å². The van der Waals surface area contributed by atoms with Crippen LogP contribution < -0.4 is 9.47 Å². The maximum Gasteiger partial charge on any atom is 0.177 e. The molecule has 0 N–H and O–H groups in total. The van der Waals surface area contributed by atoms with E-state index in [-0.39, 0.29) is 11.7 Å². The first-order chi connectivity index (χ1) is 9.31. The van der Waals surface area contributed by atoms with Gasteiger partial charge in [-0.2, -0.15) is 0 Å². The molecule has 0 fully saturated rings. The number of para-hydroxylation sites is 2. The van der Waals surface area contributed by atoms with Crippen LogP contribution in [0.5, 0.6) is 11.5 Å². The van der Waals surface area contributed by atoms with Crippen LogP contribution in [-0.2, 0) is 0 Å². The fraction of sp³-hybridized carbons (Fsp3) is 0.188. The van der Waals surface area contributed by atoms with Gasteiger partial charge in [0.2, 0.25) is 0 Å². The van der Waals surface area contributed by atoms with Gasteiger partial charge in [-0.05, 0) is 18.2 Å². The van der Waals surface area contributed by atoms with Crippen molar-refractivity contribution >= 4 is 5.78 Å². The molecule has 0 saturated carbocycles. The van der Waals surface area contributed by atoms with Crippen molar-refractivity contribution in [3.05, 3.63) is 59.7 Å². The number of methoxy groups -OCH3 is 1. The van der Waals surface area contributed by atoms with E-state index in [1.54, 1.807) is 19.2 Å². The van der Waals surface area contributed by atoms with Gasteiger partial charge in [-0.15, -0.1) is 0 Å². The third-order valence-electron chi connectivity index (χ3n) is 3.39. The number of hydrogen-bond acceptors (Lipinski definition) is 3. The van der Waals surface area contributed by atoms with Crippen molar-refractivity contribution in [3.63, 3.8) is 0 Å². The van der Waals surface area contributed by atoms with Gasteiger partial charge in [-0.1, -0.05) is 30.3 Å². The minimum Gasteiger partial charge on any atom is -0.496 e. The lowest BCUT2D eigenvalue weighted by molar-refractivity contribution is 0.0944. The van der Waals surface area contributed by atoms with Gasteiger partial charge in [0.05, 0.1) is 18.6 Å². The van der Waals surface area contributed by atoms with E-state index >= 15 is 0 Å². The van der Waals surface area contributed by atoms with E-state index in [0.717, 1.165) is 11.3 Å². The van der Waals surface area contributed by atoms with Crippen LogP contribution >= 0.6 is 0 Å². The molecule has 0 saturated heterocycles. The van der Waals surface area contributed by atoms with Gasteiger partial charge < -0.3 is 9.47 Å². The number of benzene rings is 2. The fourth-order valence-corrected chi connectivity index (χ4v) is 2.42. The van der Waals surface area contributed by atoms with Crippen LogP contribution in [0.25, 0.3) is 0 Å². The number of Topliss-reactive ketones (excluding diaryl/α,β-unsaturated/α-hetero) is 1. The second kappa shape index (κ2) is 4.76. The van der Waals surface area contributed by atoms with Crippen molar-refractivity contribution in [1.29, 1.82) is 0 Å². The lowest BCUT2D eigenvalue weighted by Crippen LogP contribution is -2.15. The average molecular weight is 254 g/mol. The van der Waals surface area contributed by atoms with Crippen LogP contribution in [0.1, 0.15) is 21.8 Å². The minimum absolute atomic E-state index is 0.0439. The van der Waals surface area contributed by atoms with E-state index in [0.29, 0.717) is 17.9 Å². The van der Waals surface area contributed by atoms with Crippen molar-refractivity contribution in [2.24, 2.45) is 0 Å². The summed E-state index contributed by atoms with van der Waals surface area (Å²) in [5.41, 5.74) is 1.56. The normalized spacial score (nSPS) is 16.6. The summed E-state index contributed by atoms with van der Waals surface area (Å²) in [5, 5.41) is 0. The molecule has 2 aromatic rings. The molecule has 3 heteroatoms. The zero-order chi connectivity index (χ0) is 13.2. The van der Waals surface area contributed by atoms with Crippen LogP contribution in [0.4, 0.5) is 0 Å². The van der Waals surface area contributed by atoms with Crippen molar-refractivity contribution in [2.45, 2.75) is 5.92 Å². The third kappa shape index (κ3) is 1.97. The standard InChI is InChI=1S/C16H14O3/c1-18-14-8-4-3-7-12(14)16(17)13-10-19-15-9-5-2-6-11(13)15/h2-9,13H,10H2,1H3. The van der Waals surface area contributed by atoms with E-state index in [1.807, 2.05) is 36.4 Å². The molecule has 3 rings (SSSR count). The van der Waals surface area contributed by atoms with E-state index in [4.69, 9.17) is 9.47 Å². The summed E-state index contributed by atoms with van der Waals surface area (Å²) in [6.07, 6.45) is 0. The first-order valence-corrected chi connectivity index (χ1v) is 6.20. The van der Waals surface area contributed by atoms with Crippen LogP contribution in [0.2, 0.25) is 0 Å². The lowest BCUT2D eigenvalue weighted by Gasteiger charge is -2.11. The molecular formula is C16H14O3. The zero-order valence-corrected chi connectivity index (χ0v) is 10.6. The summed E-state index contributed by atoms with van der Waals surface area (Å²) < 4.78 is 10.8. The van der Waals surface area contributed by atoms with Gasteiger partial charge in [-0.25, -0.2) is 0 Å². The second-order valence-corrected chi connectivity index (χ2v) is 4.47. The predicted octanol–water partition coefficient (Wildman–Crippen LogP) is 3.05. The summed E-state index contributed by atoms with van der Waals surface area (Å²) in [4.78, 5) is 12.6. The van der Waals surface area contributed by atoms with Gasteiger partial charge in [0.1, 0.15) is 18.1 Å². The highest BCUT2D eigenvalue weighted by molar-refractivity contribution is 6.04. The molecule has 1 aliphatic heterocycles. The van der Waals surface area contributed by atoms with Gasteiger partial charge in [-0.3, -0.25) is 4.79 Å². The fourth-order valence-electron chi connectivity index (χ4n) is 2.42. The third-order valence-corrected chi connectivity index (χ3v) is 3.39. The van der Waals surface area contributed by atoms with Crippen LogP contribution in [0, 0.1) is 0 Å². The summed E-state index contributed by atoms with van der Waals surface area (Å²) >= 11 is 0. The monoisotopic (exact) mass is 254 g/mol. The molecule has 1 heterocycles. The van der Waals surface area contributed by atoms with Crippen LogP contribution in [-0.4, -0.2) is 19.5 Å². The number of fused-ring (bicyclic) bond motifs is 1. The molecule has 19 heavy (non-hydrogen) atoms. The SMILES string of the molecule is COc1ccccc1C(=O)C1COc2ccccc21. The summed E-state index contributed by atoms with van der Waals surface area (Å²) in [6.45, 7) is 0.399. The maximum atomic E-state index is 12.6. The van der Waals surface area contributed by atoms with Crippen LogP contribution in [0.3, 0.4) is 0 Å². The Morgan fingerprint density at radius 1 is 1.16 bits per heavy atom. The van der Waals surface area contributed by atoms with Crippen molar-refractivity contribution in [3.8, 4) is 11.5 Å². The van der Waals surface area contributed by atoms with E-state index in [1.165, 1.54) is 0 Å². The highest BCUT2D eigenvalue weighted by Gasteiger charge is 2.31. The molecule has 0 bridgehead atoms. The highest BCUT2D eigenvalue weighted by atomic mass is 16.5. The van der Waals surface area contributed by atoms with Gasteiger partial charge in [0.15, 0.2) is 5.78 Å². The molecule has 2 aromatic carbocycles. The maximum absolute atomic E-state index is 12.6. The Balaban J connectivity index is 1.98. The molecule has 96 valence electrons. The highest BCUT2D eigenvalue weighted by Crippen LogP contribution is 2.36. The molecule has 3 nitrogen and oxygen atoms in total. The summed E-state index contributed by atoms with van der Waals surface area (Å²) in [6, 6.07) is 15.0. The Morgan fingerprint density at radius 2 is 1.89 bits per heavy atom. The zero-order valence-electron chi connectivity index (χ0n) is 10.6. The predicted molar refractivity (Wildman–Crippen MR) is 72.0 cm³/mol. The molecule has 1 aliphatic rings. The van der Waals surface area contributed by atoms with Gasteiger partial charge >= 0.3 is 0 Å². The number of ether oxygens (including phenoxy) is 2. The Labute approximate surface area is 111 Å². The minimum atomic E-state index is -0.243. The first-order valence-electron chi connectivity index (χ1n) is 6.20. The molecule has 1 unspecified atom stereocenters. The lowest BCUT2D eigenvalue weighted by atomic mass is 9.92. The van der Waals surface area contributed by atoms with Gasteiger partial charge in [0.25, 0.3) is 0 Å². The van der Waals surface area contributed by atoms with E-state index in [2.05, 4.69) is 0 Å². The van der Waals surface area contributed by atoms with Crippen molar-refractivity contribution < 1.29 is 14.3 Å². The Bertz CT molecular complexity index is 619. The molecule has 1 atom stereocenters. The van der Waals surface area contributed by atoms with Crippen molar-refractivity contribution in [1.82, 2.24) is 0 Å². The average Bonchev–Trinajstić information content (AvgIpc) is 2.90. The molecule has 0 amide bonds. The van der Waals surface area contributed by atoms with E-state index < -0.39 is 0 Å². The quantitative estimate of drug-likeness (QED) is 0.790. The molecule has 0 spiro atoms. The Kier molecular flexibility index (Phi) is 2.95. The summed E-state index contributed by atoms with van der Waals surface area (Å²) in [7, 11) is 1.57. The molecular weight excluding hydrogens is 240 g/mol. The largest absolute Gasteiger partial charge is 0.496 e. The van der Waals surface area contributed by atoms with Gasteiger partial charge in [0, 0.05) is 5.56 Å². The smallest absolute Gasteiger partial charge is 0.177 e. The first kappa shape index (κ1) is 11.8. The second-order valence-electron chi connectivity index (χ2n) is 4.47. The molecule has 0 aliphatic carbocycles. The number of carbonyl (C=O) groups excluding carboxylic acids is 1. The summed E-state index contributed by atoms with van der Waals surface area (Å²) in [5.74, 6) is 1.21. The van der Waals surface area contributed by atoms with Crippen molar-refractivity contribution in [2.75, 3.05) is 13.7 Å². The van der Waals surface area contributed by atoms with E-state index in [9.17, 15) is 4.79 Å². The number of hydrogen-bond donors (Lipinski definition) is 0. The Hall–Kier alpha value is -2.29. The Morgan fingerprint density at radius 3 is 2.74 bits per heavy atom. The number of ketones is 1. The molecule has 0 radical (unpaired) electrons. The topological polar surface area (TPSA) is 35.5 Å². The molecule has 0 aromatic heterocycles. The number of carbonyl (C=O) groups is 1.